The molecule has 0 unspecified atom stereocenters. The van der Waals surface area contributed by atoms with Crippen molar-refractivity contribution in [3.8, 4) is 0 Å². The molecule has 0 N–H and O–H groups in total. The summed E-state index contributed by atoms with van der Waals surface area (Å²) in [6.07, 6.45) is 6.42. The molecule has 0 atom stereocenters. The van der Waals surface area contributed by atoms with Crippen LogP contribution in [0.3, 0.4) is 0 Å². The van der Waals surface area contributed by atoms with Gasteiger partial charge in [0.1, 0.15) is 0 Å². The quantitative estimate of drug-likeness (QED) is 0.470. The topological polar surface area (TPSA) is 17.1 Å². The Morgan fingerprint density at radius 1 is 1.27 bits per heavy atom. The van der Waals surface area contributed by atoms with Gasteiger partial charge >= 0.3 is 0 Å². The number of allylic oxidation sites excluding steroid dienone is 5. The first kappa shape index (κ1) is 13.9. The van der Waals surface area contributed by atoms with Gasteiger partial charge < -0.3 is 0 Å². The van der Waals surface area contributed by atoms with Crippen LogP contribution < -0.4 is 0 Å². The molecule has 0 aromatic rings. The van der Waals surface area contributed by atoms with E-state index in [1.165, 1.54) is 5.57 Å². The predicted octanol–water partition coefficient (Wildman–Crippen LogP) is 4.21. The zero-order valence-electron chi connectivity index (χ0n) is 10.4. The van der Waals surface area contributed by atoms with E-state index < -0.39 is 0 Å². The second kappa shape index (κ2) is 7.22. The molecular weight excluding hydrogens is 184 g/mol. The Morgan fingerprint density at radius 2 is 1.87 bits per heavy atom. The van der Waals surface area contributed by atoms with Gasteiger partial charge in [0.15, 0.2) is 5.78 Å². The average molecular weight is 206 g/mol. The molecular formula is C14H22O. The van der Waals surface area contributed by atoms with Crippen molar-refractivity contribution in [2.24, 2.45) is 0 Å². The molecule has 0 aromatic carbocycles. The Morgan fingerprint density at radius 3 is 2.33 bits per heavy atom. The van der Waals surface area contributed by atoms with Gasteiger partial charge in [0.05, 0.1) is 0 Å². The van der Waals surface area contributed by atoms with Gasteiger partial charge in [-0.3, -0.25) is 4.79 Å². The van der Waals surface area contributed by atoms with Gasteiger partial charge in [-0.05, 0) is 46.1 Å². The lowest BCUT2D eigenvalue weighted by atomic mass is 10.0. The summed E-state index contributed by atoms with van der Waals surface area (Å²) in [6.45, 7) is 11.8. The van der Waals surface area contributed by atoms with Crippen molar-refractivity contribution >= 4 is 5.78 Å². The van der Waals surface area contributed by atoms with Crippen LogP contribution in [-0.2, 0) is 4.79 Å². The summed E-state index contributed by atoms with van der Waals surface area (Å²) in [5.74, 6) is 0.194. The second-order valence-electron chi connectivity index (χ2n) is 4.14. The number of rotatable bonds is 6. The maximum atomic E-state index is 11.5. The third-order valence-electron chi connectivity index (χ3n) is 2.33. The lowest BCUT2D eigenvalue weighted by Gasteiger charge is -2.03. The molecule has 0 aromatic heterocycles. The Labute approximate surface area is 93.6 Å². The number of hydrogen-bond donors (Lipinski definition) is 0. The molecule has 84 valence electrons. The summed E-state index contributed by atoms with van der Waals surface area (Å²) < 4.78 is 0. The SMILES string of the molecule is C=C(CCC=C(C)C)CC(=O)C(C)=CC. The Balaban J connectivity index is 3.95. The van der Waals surface area contributed by atoms with Gasteiger partial charge in [-0.2, -0.15) is 0 Å². The van der Waals surface area contributed by atoms with Crippen LogP contribution >= 0.6 is 0 Å². The number of hydrogen-bond acceptors (Lipinski definition) is 1. The molecule has 0 amide bonds. The number of ketones is 1. The first-order valence-corrected chi connectivity index (χ1v) is 5.43. The van der Waals surface area contributed by atoms with Crippen molar-refractivity contribution in [1.82, 2.24) is 0 Å². The highest BCUT2D eigenvalue weighted by atomic mass is 16.1. The summed E-state index contributed by atoms with van der Waals surface area (Å²) in [5.41, 5.74) is 3.18. The number of carbonyl (C=O) groups is 1. The monoisotopic (exact) mass is 206 g/mol. The maximum Gasteiger partial charge on any atom is 0.162 e. The van der Waals surface area contributed by atoms with Crippen LogP contribution in [0.5, 0.6) is 0 Å². The molecule has 0 spiro atoms. The summed E-state index contributed by atoms with van der Waals surface area (Å²) in [4.78, 5) is 11.5. The lowest BCUT2D eigenvalue weighted by molar-refractivity contribution is -0.114. The standard InChI is InChI=1S/C14H22O/c1-6-13(5)14(15)10-12(4)9-7-8-11(2)3/h6,8H,4,7,9-10H2,1-3,5H3. The molecule has 0 heterocycles. The highest BCUT2D eigenvalue weighted by Crippen LogP contribution is 2.12. The largest absolute Gasteiger partial charge is 0.294 e. The summed E-state index contributed by atoms with van der Waals surface area (Å²) >= 11 is 0. The first-order chi connectivity index (χ1) is 6.97. The first-order valence-electron chi connectivity index (χ1n) is 5.43. The van der Waals surface area contributed by atoms with E-state index in [1.54, 1.807) is 0 Å². The summed E-state index contributed by atoms with van der Waals surface area (Å²) in [7, 11) is 0. The summed E-state index contributed by atoms with van der Waals surface area (Å²) in [6, 6.07) is 0. The molecule has 0 fully saturated rings. The lowest BCUT2D eigenvalue weighted by Crippen LogP contribution is -2.00. The molecule has 0 aliphatic rings. The molecule has 15 heavy (non-hydrogen) atoms. The van der Waals surface area contributed by atoms with Gasteiger partial charge in [0.25, 0.3) is 0 Å². The van der Waals surface area contributed by atoms with Crippen molar-refractivity contribution in [2.45, 2.75) is 47.0 Å². The van der Waals surface area contributed by atoms with E-state index in [2.05, 4.69) is 26.5 Å². The second-order valence-corrected chi connectivity index (χ2v) is 4.14. The fraction of sp³-hybridized carbons (Fsp3) is 0.500. The fourth-order valence-electron chi connectivity index (χ4n) is 1.18. The summed E-state index contributed by atoms with van der Waals surface area (Å²) in [5, 5.41) is 0. The van der Waals surface area contributed by atoms with E-state index in [0.29, 0.717) is 6.42 Å². The molecule has 0 bridgehead atoms. The van der Waals surface area contributed by atoms with E-state index in [-0.39, 0.29) is 5.78 Å². The molecule has 0 aliphatic carbocycles. The highest BCUT2D eigenvalue weighted by molar-refractivity contribution is 5.96. The van der Waals surface area contributed by atoms with Gasteiger partial charge in [-0.1, -0.05) is 29.9 Å². The van der Waals surface area contributed by atoms with Crippen molar-refractivity contribution < 1.29 is 4.79 Å². The number of carbonyl (C=O) groups excluding carboxylic acids is 1. The van der Waals surface area contributed by atoms with Gasteiger partial charge in [-0.25, -0.2) is 0 Å². The van der Waals surface area contributed by atoms with Crippen LogP contribution in [0.15, 0.2) is 35.5 Å². The van der Waals surface area contributed by atoms with Crippen molar-refractivity contribution in [3.05, 3.63) is 35.5 Å². The van der Waals surface area contributed by atoms with Crippen molar-refractivity contribution in [2.75, 3.05) is 0 Å². The Hall–Kier alpha value is -1.11. The smallest absolute Gasteiger partial charge is 0.162 e. The van der Waals surface area contributed by atoms with Crippen LogP contribution in [-0.4, -0.2) is 5.78 Å². The van der Waals surface area contributed by atoms with E-state index in [1.807, 2.05) is 19.9 Å². The molecule has 0 radical (unpaired) electrons. The average Bonchev–Trinajstić information content (AvgIpc) is 2.15. The van der Waals surface area contributed by atoms with Gasteiger partial charge in [0.2, 0.25) is 0 Å². The molecule has 0 aliphatic heterocycles. The Bertz CT molecular complexity index is 288. The van der Waals surface area contributed by atoms with Gasteiger partial charge in [0, 0.05) is 6.42 Å². The van der Waals surface area contributed by atoms with E-state index in [4.69, 9.17) is 0 Å². The molecule has 1 heteroatoms. The highest BCUT2D eigenvalue weighted by Gasteiger charge is 2.05. The van der Waals surface area contributed by atoms with Crippen LogP contribution in [0.2, 0.25) is 0 Å². The van der Waals surface area contributed by atoms with Crippen molar-refractivity contribution in [1.29, 1.82) is 0 Å². The Kier molecular flexibility index (Phi) is 6.68. The molecule has 0 rings (SSSR count). The fourth-order valence-corrected chi connectivity index (χ4v) is 1.18. The third kappa shape index (κ3) is 6.89. The zero-order valence-corrected chi connectivity index (χ0v) is 10.4. The minimum atomic E-state index is 0.194. The van der Waals surface area contributed by atoms with Crippen LogP contribution in [0.25, 0.3) is 0 Å². The molecule has 0 saturated heterocycles. The molecule has 0 saturated carbocycles. The van der Waals surface area contributed by atoms with Crippen LogP contribution in [0, 0.1) is 0 Å². The minimum absolute atomic E-state index is 0.194. The van der Waals surface area contributed by atoms with E-state index >= 15 is 0 Å². The normalized spacial score (nSPS) is 11.1. The zero-order chi connectivity index (χ0) is 11.8. The predicted molar refractivity (Wildman–Crippen MR) is 66.9 cm³/mol. The number of Topliss-reactive ketones (excluding diaryl/α,β-unsaturated/α-hetero) is 1. The van der Waals surface area contributed by atoms with Crippen LogP contribution in [0.1, 0.15) is 47.0 Å². The van der Waals surface area contributed by atoms with Gasteiger partial charge in [-0.15, -0.1) is 0 Å². The third-order valence-corrected chi connectivity index (χ3v) is 2.33. The minimum Gasteiger partial charge on any atom is -0.294 e. The van der Waals surface area contributed by atoms with Crippen LogP contribution in [0.4, 0.5) is 0 Å². The van der Waals surface area contributed by atoms with E-state index in [9.17, 15) is 4.79 Å². The maximum absolute atomic E-state index is 11.5. The van der Waals surface area contributed by atoms with E-state index in [0.717, 1.165) is 24.0 Å². The molecule has 1 nitrogen and oxygen atoms in total. The van der Waals surface area contributed by atoms with Crippen molar-refractivity contribution in [3.63, 3.8) is 0 Å².